The van der Waals surface area contributed by atoms with Crippen molar-refractivity contribution < 1.29 is 19.2 Å². The van der Waals surface area contributed by atoms with Gasteiger partial charge in [-0.05, 0) is 32.8 Å². The Labute approximate surface area is 134 Å². The summed E-state index contributed by atoms with van der Waals surface area (Å²) in [6, 6.07) is 1.71. The average molecular weight is 319 g/mol. The molecule has 23 heavy (non-hydrogen) atoms. The normalized spacial score (nSPS) is 11.9. The van der Waals surface area contributed by atoms with Gasteiger partial charge in [0.05, 0.1) is 22.1 Å². The number of nitrogens with zero attached hydrogens (tertiary/aromatic N) is 2. The summed E-state index contributed by atoms with van der Waals surface area (Å²) in [5, 5.41) is 16.2. The number of carboxylic acid groups (broad SMARTS) is 1. The van der Waals surface area contributed by atoms with E-state index in [4.69, 9.17) is 9.63 Å². The third-order valence-corrected chi connectivity index (χ3v) is 3.74. The van der Waals surface area contributed by atoms with Crippen LogP contribution >= 0.6 is 0 Å². The quantitative estimate of drug-likeness (QED) is 0.877. The highest BCUT2D eigenvalue weighted by molar-refractivity contribution is 6.06. The summed E-state index contributed by atoms with van der Waals surface area (Å²) in [6.45, 7) is 8.80. The highest BCUT2D eigenvalue weighted by Gasteiger charge is 2.28. The lowest BCUT2D eigenvalue weighted by Crippen LogP contribution is -2.39. The van der Waals surface area contributed by atoms with Crippen LogP contribution < -0.4 is 5.32 Å². The second-order valence-electron chi connectivity index (χ2n) is 6.57. The van der Waals surface area contributed by atoms with Crippen LogP contribution in [0.15, 0.2) is 10.6 Å². The molecule has 2 aromatic rings. The summed E-state index contributed by atoms with van der Waals surface area (Å²) in [5.74, 6) is -1.21. The van der Waals surface area contributed by atoms with Gasteiger partial charge in [0.1, 0.15) is 0 Å². The van der Waals surface area contributed by atoms with Gasteiger partial charge in [-0.2, -0.15) is 0 Å². The number of hydrogen-bond donors (Lipinski definition) is 2. The lowest BCUT2D eigenvalue weighted by molar-refractivity contribution is -0.146. The smallest absolute Gasteiger partial charge is 0.310 e. The van der Waals surface area contributed by atoms with Crippen molar-refractivity contribution in [1.82, 2.24) is 15.5 Å². The monoisotopic (exact) mass is 319 g/mol. The fourth-order valence-corrected chi connectivity index (χ4v) is 2.06. The molecule has 0 unspecified atom stereocenters. The number of fused-ring (bicyclic) bond motifs is 1. The van der Waals surface area contributed by atoms with Crippen molar-refractivity contribution in [3.05, 3.63) is 23.0 Å². The van der Waals surface area contributed by atoms with Gasteiger partial charge in [-0.1, -0.05) is 19.0 Å². The van der Waals surface area contributed by atoms with Crippen LogP contribution in [0.25, 0.3) is 11.1 Å². The van der Waals surface area contributed by atoms with Crippen LogP contribution in [0.5, 0.6) is 0 Å². The fourth-order valence-electron chi connectivity index (χ4n) is 2.06. The van der Waals surface area contributed by atoms with Gasteiger partial charge in [0.2, 0.25) is 0 Å². The van der Waals surface area contributed by atoms with Gasteiger partial charge in [0.25, 0.3) is 11.6 Å². The molecule has 0 atom stereocenters. The molecule has 2 rings (SSSR count). The van der Waals surface area contributed by atoms with Crippen LogP contribution in [0.2, 0.25) is 0 Å². The maximum atomic E-state index is 12.6. The summed E-state index contributed by atoms with van der Waals surface area (Å²) in [6.07, 6.45) is 0. The Morgan fingerprint density at radius 1 is 1.39 bits per heavy atom. The third kappa shape index (κ3) is 3.33. The Morgan fingerprint density at radius 3 is 2.61 bits per heavy atom. The van der Waals surface area contributed by atoms with E-state index in [-0.39, 0.29) is 18.4 Å². The molecule has 0 radical (unpaired) electrons. The Morgan fingerprint density at radius 2 is 2.04 bits per heavy atom. The SMILES string of the molecule is Cc1noc2nc(C(C)C)cc(C(=O)NCC(C)(C)C(=O)O)c12. The van der Waals surface area contributed by atoms with Gasteiger partial charge in [-0.3, -0.25) is 9.59 Å². The van der Waals surface area contributed by atoms with E-state index in [9.17, 15) is 9.59 Å². The number of carboxylic acids is 1. The molecular weight excluding hydrogens is 298 g/mol. The first-order valence-electron chi connectivity index (χ1n) is 7.42. The number of rotatable bonds is 5. The number of nitrogens with one attached hydrogen (secondary N) is 1. The van der Waals surface area contributed by atoms with Crippen molar-refractivity contribution in [3.8, 4) is 0 Å². The summed E-state index contributed by atoms with van der Waals surface area (Å²) in [7, 11) is 0. The molecule has 0 fully saturated rings. The fraction of sp³-hybridized carbons (Fsp3) is 0.500. The number of aromatic nitrogens is 2. The van der Waals surface area contributed by atoms with Crippen LogP contribution in [0.4, 0.5) is 0 Å². The minimum absolute atomic E-state index is 0.0202. The first kappa shape index (κ1) is 16.9. The molecule has 2 N–H and O–H groups in total. The van der Waals surface area contributed by atoms with E-state index in [1.165, 1.54) is 0 Å². The Hall–Kier alpha value is -2.44. The van der Waals surface area contributed by atoms with Gasteiger partial charge in [-0.15, -0.1) is 0 Å². The topological polar surface area (TPSA) is 105 Å². The molecule has 7 heteroatoms. The summed E-state index contributed by atoms with van der Waals surface area (Å²) >= 11 is 0. The summed E-state index contributed by atoms with van der Waals surface area (Å²) in [4.78, 5) is 28.1. The van der Waals surface area contributed by atoms with Gasteiger partial charge in [0, 0.05) is 12.2 Å². The lowest BCUT2D eigenvalue weighted by Gasteiger charge is -2.19. The largest absolute Gasteiger partial charge is 0.481 e. The standard InChI is InChI=1S/C16H21N3O4/c1-8(2)11-6-10(12-9(3)19-23-14(12)18-11)13(20)17-7-16(4,5)15(21)22/h6,8H,7H2,1-5H3,(H,17,20)(H,21,22). The molecule has 0 aliphatic heterocycles. The Bertz CT molecular complexity index is 762. The maximum Gasteiger partial charge on any atom is 0.310 e. The predicted molar refractivity (Wildman–Crippen MR) is 84.4 cm³/mol. The molecule has 1 amide bonds. The molecular formula is C16H21N3O4. The second-order valence-corrected chi connectivity index (χ2v) is 6.57. The number of amides is 1. The van der Waals surface area contributed by atoms with Crippen molar-refractivity contribution in [2.45, 2.75) is 40.5 Å². The van der Waals surface area contributed by atoms with Crippen molar-refractivity contribution >= 4 is 23.0 Å². The molecule has 0 saturated carbocycles. The molecule has 2 heterocycles. The number of carbonyl (C=O) groups is 2. The second kappa shape index (κ2) is 5.98. The molecule has 0 bridgehead atoms. The van der Waals surface area contributed by atoms with Crippen LogP contribution in [-0.4, -0.2) is 33.7 Å². The van der Waals surface area contributed by atoms with Gasteiger partial charge in [0.15, 0.2) is 0 Å². The van der Waals surface area contributed by atoms with Gasteiger partial charge >= 0.3 is 5.97 Å². The molecule has 124 valence electrons. The van der Waals surface area contributed by atoms with Crippen LogP contribution in [0.3, 0.4) is 0 Å². The Balaban J connectivity index is 2.39. The maximum absolute atomic E-state index is 12.6. The number of pyridine rings is 1. The zero-order valence-electron chi connectivity index (χ0n) is 13.9. The third-order valence-electron chi connectivity index (χ3n) is 3.74. The van der Waals surface area contributed by atoms with E-state index in [2.05, 4.69) is 15.5 Å². The molecule has 2 aromatic heterocycles. The predicted octanol–water partition coefficient (Wildman–Crippen LogP) is 2.50. The van der Waals surface area contributed by atoms with Crippen LogP contribution in [0, 0.1) is 12.3 Å². The molecule has 0 aromatic carbocycles. The van der Waals surface area contributed by atoms with Gasteiger partial charge < -0.3 is 14.9 Å². The van der Waals surface area contributed by atoms with Crippen molar-refractivity contribution in [1.29, 1.82) is 0 Å². The number of hydrogen-bond acceptors (Lipinski definition) is 5. The zero-order valence-corrected chi connectivity index (χ0v) is 13.9. The van der Waals surface area contributed by atoms with E-state index < -0.39 is 11.4 Å². The van der Waals surface area contributed by atoms with Crippen molar-refractivity contribution in [3.63, 3.8) is 0 Å². The highest BCUT2D eigenvalue weighted by Crippen LogP contribution is 2.25. The first-order chi connectivity index (χ1) is 10.6. The summed E-state index contributed by atoms with van der Waals surface area (Å²) in [5.41, 5.74) is 0.962. The molecule has 0 aliphatic carbocycles. The zero-order chi connectivity index (χ0) is 17.4. The average Bonchev–Trinajstić information content (AvgIpc) is 2.85. The number of aliphatic carboxylic acids is 1. The van der Waals surface area contributed by atoms with E-state index in [1.54, 1.807) is 26.8 Å². The van der Waals surface area contributed by atoms with Gasteiger partial charge in [-0.25, -0.2) is 4.98 Å². The summed E-state index contributed by atoms with van der Waals surface area (Å²) < 4.78 is 5.18. The lowest BCUT2D eigenvalue weighted by atomic mass is 9.93. The van der Waals surface area contributed by atoms with Crippen molar-refractivity contribution in [2.75, 3.05) is 6.54 Å². The van der Waals surface area contributed by atoms with E-state index >= 15 is 0 Å². The Kier molecular flexibility index (Phi) is 4.40. The van der Waals surface area contributed by atoms with E-state index in [0.717, 1.165) is 5.69 Å². The van der Waals surface area contributed by atoms with E-state index in [0.29, 0.717) is 22.4 Å². The van der Waals surface area contributed by atoms with Crippen LogP contribution in [-0.2, 0) is 4.79 Å². The highest BCUT2D eigenvalue weighted by atomic mass is 16.5. The number of aryl methyl sites for hydroxylation is 1. The first-order valence-corrected chi connectivity index (χ1v) is 7.42. The molecule has 7 nitrogen and oxygen atoms in total. The molecule has 0 aliphatic rings. The van der Waals surface area contributed by atoms with E-state index in [1.807, 2.05) is 13.8 Å². The van der Waals surface area contributed by atoms with Crippen LogP contribution in [0.1, 0.15) is 55.4 Å². The minimum Gasteiger partial charge on any atom is -0.481 e. The molecule has 0 spiro atoms. The number of carbonyl (C=O) groups excluding carboxylic acids is 1. The molecule has 0 saturated heterocycles. The minimum atomic E-state index is -1.05. The van der Waals surface area contributed by atoms with Crippen molar-refractivity contribution in [2.24, 2.45) is 5.41 Å².